The Kier molecular flexibility index (Phi) is 2.44. The van der Waals surface area contributed by atoms with Gasteiger partial charge in [0.1, 0.15) is 5.82 Å². The Hall–Kier alpha value is -0.370. The summed E-state index contributed by atoms with van der Waals surface area (Å²) < 4.78 is 12.7. The topological polar surface area (TPSA) is 0 Å². The largest absolute Gasteiger partial charge is 0.207 e. The van der Waals surface area contributed by atoms with Crippen LogP contribution in [0.2, 0.25) is 0 Å². The third-order valence-electron chi connectivity index (χ3n) is 1.52. The summed E-state index contributed by atoms with van der Waals surface area (Å²) in [6, 6.07) is 5.10. The average Bonchev–Trinajstić information content (AvgIpc) is 1.95. The lowest BCUT2D eigenvalue weighted by molar-refractivity contribution is 0.617. The molecule has 0 aliphatic carbocycles. The van der Waals surface area contributed by atoms with Gasteiger partial charge in [0.25, 0.3) is 0 Å². The highest BCUT2D eigenvalue weighted by atomic mass is 79.9. The molecule has 2 heteroatoms. The van der Waals surface area contributed by atoms with E-state index in [9.17, 15) is 4.39 Å². The predicted octanol–water partition coefficient (Wildman–Crippen LogP) is 3.03. The first-order chi connectivity index (χ1) is 4.75. The van der Waals surface area contributed by atoms with Gasteiger partial charge in [0.05, 0.1) is 0 Å². The highest BCUT2D eigenvalue weighted by Crippen LogP contribution is 2.14. The van der Waals surface area contributed by atoms with Crippen molar-refractivity contribution in [1.82, 2.24) is 0 Å². The van der Waals surface area contributed by atoms with Crippen LogP contribution in [-0.4, -0.2) is 0 Å². The zero-order valence-electron chi connectivity index (χ0n) is 5.70. The van der Waals surface area contributed by atoms with Gasteiger partial charge in [-0.1, -0.05) is 28.1 Å². The molecular weight excluding hydrogens is 195 g/mol. The van der Waals surface area contributed by atoms with Crippen molar-refractivity contribution in [1.29, 1.82) is 0 Å². The summed E-state index contributed by atoms with van der Waals surface area (Å²) in [6.07, 6.45) is 0. The maximum atomic E-state index is 12.7. The van der Waals surface area contributed by atoms with E-state index in [0.717, 1.165) is 16.5 Å². The fourth-order valence-electron chi connectivity index (χ4n) is 0.797. The molecule has 1 aromatic rings. The molecule has 0 nitrogen and oxygen atoms in total. The van der Waals surface area contributed by atoms with Crippen molar-refractivity contribution in [2.24, 2.45) is 0 Å². The van der Waals surface area contributed by atoms with Crippen molar-refractivity contribution in [2.75, 3.05) is 0 Å². The predicted molar refractivity (Wildman–Crippen MR) is 43.8 cm³/mol. The molecule has 0 N–H and O–H groups in total. The summed E-state index contributed by atoms with van der Waals surface area (Å²) in [7, 11) is 0. The van der Waals surface area contributed by atoms with Crippen molar-refractivity contribution in [2.45, 2.75) is 12.3 Å². The van der Waals surface area contributed by atoms with E-state index < -0.39 is 0 Å². The summed E-state index contributed by atoms with van der Waals surface area (Å²) in [5.74, 6) is -0.128. The highest BCUT2D eigenvalue weighted by molar-refractivity contribution is 9.08. The van der Waals surface area contributed by atoms with Crippen LogP contribution in [-0.2, 0) is 5.33 Å². The van der Waals surface area contributed by atoms with Crippen molar-refractivity contribution in [3.63, 3.8) is 0 Å². The van der Waals surface area contributed by atoms with Gasteiger partial charge in [-0.25, -0.2) is 4.39 Å². The molecule has 0 bridgehead atoms. The zero-order valence-corrected chi connectivity index (χ0v) is 7.28. The molecule has 1 rings (SSSR count). The second-order valence-electron chi connectivity index (χ2n) is 2.16. The van der Waals surface area contributed by atoms with Gasteiger partial charge in [-0.15, -0.1) is 0 Å². The molecule has 0 aliphatic heterocycles. The third kappa shape index (κ3) is 1.37. The Morgan fingerprint density at radius 1 is 1.50 bits per heavy atom. The van der Waals surface area contributed by atoms with E-state index in [1.807, 2.05) is 6.07 Å². The lowest BCUT2D eigenvalue weighted by Crippen LogP contribution is -1.87. The highest BCUT2D eigenvalue weighted by Gasteiger charge is 1.99. The number of alkyl halides is 1. The Bertz CT molecular complexity index is 233. The molecule has 0 heterocycles. The van der Waals surface area contributed by atoms with Gasteiger partial charge in [-0.2, -0.15) is 0 Å². The average molecular weight is 203 g/mol. The number of hydrogen-bond donors (Lipinski definition) is 0. The van der Waals surface area contributed by atoms with E-state index >= 15 is 0 Å². The number of benzene rings is 1. The van der Waals surface area contributed by atoms with Crippen LogP contribution < -0.4 is 0 Å². The first-order valence-electron chi connectivity index (χ1n) is 3.05. The van der Waals surface area contributed by atoms with Gasteiger partial charge in [-0.05, 0) is 24.1 Å². The second kappa shape index (κ2) is 3.15. The molecule has 0 unspecified atom stereocenters. The molecule has 0 radical (unpaired) electrons. The monoisotopic (exact) mass is 202 g/mol. The minimum absolute atomic E-state index is 0.128. The lowest BCUT2D eigenvalue weighted by atomic mass is 10.1. The van der Waals surface area contributed by atoms with Crippen LogP contribution in [0.15, 0.2) is 18.2 Å². The minimum Gasteiger partial charge on any atom is -0.207 e. The fraction of sp³-hybridized carbons (Fsp3) is 0.250. The lowest BCUT2D eigenvalue weighted by Gasteiger charge is -2.00. The van der Waals surface area contributed by atoms with Gasteiger partial charge in [0.2, 0.25) is 0 Å². The smallest absolute Gasteiger partial charge is 0.126 e. The number of hydrogen-bond acceptors (Lipinski definition) is 0. The van der Waals surface area contributed by atoms with E-state index in [2.05, 4.69) is 15.9 Å². The molecule has 0 aromatic heterocycles. The number of halogens is 2. The Balaban J connectivity index is 3.14. The van der Waals surface area contributed by atoms with Crippen LogP contribution in [0.1, 0.15) is 11.1 Å². The van der Waals surface area contributed by atoms with Crippen LogP contribution in [0.4, 0.5) is 4.39 Å². The summed E-state index contributed by atoms with van der Waals surface area (Å²) >= 11 is 3.28. The van der Waals surface area contributed by atoms with Crippen molar-refractivity contribution in [3.05, 3.63) is 35.1 Å². The first-order valence-corrected chi connectivity index (χ1v) is 4.18. The summed E-state index contributed by atoms with van der Waals surface area (Å²) in [4.78, 5) is 0. The Labute approximate surface area is 68.2 Å². The molecule has 54 valence electrons. The zero-order chi connectivity index (χ0) is 7.56. The van der Waals surface area contributed by atoms with E-state index in [1.165, 1.54) is 6.07 Å². The normalized spacial score (nSPS) is 9.90. The molecule has 0 saturated carbocycles. The van der Waals surface area contributed by atoms with E-state index in [1.54, 1.807) is 13.0 Å². The Morgan fingerprint density at radius 2 is 2.20 bits per heavy atom. The summed E-state index contributed by atoms with van der Waals surface area (Å²) in [5, 5.41) is 0.719. The molecule has 0 spiro atoms. The number of rotatable bonds is 1. The van der Waals surface area contributed by atoms with Crippen LogP contribution >= 0.6 is 15.9 Å². The molecule has 0 fully saturated rings. The van der Waals surface area contributed by atoms with Crippen molar-refractivity contribution < 1.29 is 4.39 Å². The maximum absolute atomic E-state index is 12.7. The molecule has 0 aliphatic rings. The first kappa shape index (κ1) is 7.73. The fourth-order valence-corrected chi connectivity index (χ4v) is 1.40. The van der Waals surface area contributed by atoms with E-state index in [-0.39, 0.29) is 5.82 Å². The maximum Gasteiger partial charge on any atom is 0.126 e. The van der Waals surface area contributed by atoms with Gasteiger partial charge < -0.3 is 0 Å². The molecular formula is C8H8BrF. The standard InChI is InChI=1S/C8H8BrF/c1-6-7(5-9)3-2-4-8(6)10/h2-4H,5H2,1H3. The van der Waals surface area contributed by atoms with Gasteiger partial charge in [-0.3, -0.25) is 0 Å². The van der Waals surface area contributed by atoms with Crippen LogP contribution in [0.5, 0.6) is 0 Å². The second-order valence-corrected chi connectivity index (χ2v) is 2.72. The summed E-state index contributed by atoms with van der Waals surface area (Å²) in [5.41, 5.74) is 1.75. The van der Waals surface area contributed by atoms with Gasteiger partial charge >= 0.3 is 0 Å². The molecule has 0 saturated heterocycles. The van der Waals surface area contributed by atoms with E-state index in [0.29, 0.717) is 0 Å². The molecule has 1 aromatic carbocycles. The van der Waals surface area contributed by atoms with Crippen LogP contribution in [0.3, 0.4) is 0 Å². The van der Waals surface area contributed by atoms with Crippen molar-refractivity contribution >= 4 is 15.9 Å². The third-order valence-corrected chi connectivity index (χ3v) is 2.13. The molecule has 0 atom stereocenters. The van der Waals surface area contributed by atoms with Crippen LogP contribution in [0.25, 0.3) is 0 Å². The summed E-state index contributed by atoms with van der Waals surface area (Å²) in [6.45, 7) is 1.78. The van der Waals surface area contributed by atoms with Gasteiger partial charge in [0, 0.05) is 5.33 Å². The quantitative estimate of drug-likeness (QED) is 0.615. The van der Waals surface area contributed by atoms with Gasteiger partial charge in [0.15, 0.2) is 0 Å². The SMILES string of the molecule is Cc1c(F)cccc1CBr. The van der Waals surface area contributed by atoms with E-state index in [4.69, 9.17) is 0 Å². The minimum atomic E-state index is -0.128. The molecule has 0 amide bonds. The molecule has 10 heavy (non-hydrogen) atoms. The van der Waals surface area contributed by atoms with Crippen LogP contribution in [0, 0.1) is 12.7 Å². The van der Waals surface area contributed by atoms with Crippen molar-refractivity contribution in [3.8, 4) is 0 Å². The Morgan fingerprint density at radius 3 is 2.70 bits per heavy atom.